The number of methoxy groups -OCH3 is 1. The molecule has 0 saturated heterocycles. The Morgan fingerprint density at radius 1 is 1.25 bits per heavy atom. The number of carbonyl (C=O) groups excluding carboxylic acids is 1. The first-order valence-electron chi connectivity index (χ1n) is 5.49. The molecule has 16 heavy (non-hydrogen) atoms. The van der Waals surface area contributed by atoms with Gasteiger partial charge in [0.05, 0.1) is 13.5 Å². The molecule has 0 aliphatic rings. The van der Waals surface area contributed by atoms with E-state index in [1.807, 2.05) is 0 Å². The lowest BCUT2D eigenvalue weighted by Crippen LogP contribution is -2.09. The molecular formula is C13H17BrO2. The van der Waals surface area contributed by atoms with Gasteiger partial charge >= 0.3 is 5.97 Å². The van der Waals surface area contributed by atoms with E-state index in [9.17, 15) is 4.79 Å². The predicted octanol–water partition coefficient (Wildman–Crippen LogP) is 3.29. The average Bonchev–Trinajstić information content (AvgIpc) is 2.30. The standard InChI is InChI=1S/C13H17BrO2/c1-4-9-6-11(14)7-10(5-2)12(9)8-13(15)16-3/h6-7H,4-5,8H2,1-3H3. The van der Waals surface area contributed by atoms with Crippen molar-refractivity contribution in [2.24, 2.45) is 0 Å². The Kier molecular flexibility index (Phi) is 5.00. The number of ether oxygens (including phenoxy) is 1. The third-order valence-corrected chi connectivity index (χ3v) is 3.17. The fourth-order valence-electron chi connectivity index (χ4n) is 1.83. The molecular weight excluding hydrogens is 268 g/mol. The van der Waals surface area contributed by atoms with Crippen molar-refractivity contribution in [3.63, 3.8) is 0 Å². The first-order chi connectivity index (χ1) is 7.62. The number of hydrogen-bond donors (Lipinski definition) is 0. The molecule has 0 aliphatic heterocycles. The van der Waals surface area contributed by atoms with E-state index in [0.717, 1.165) is 22.9 Å². The molecule has 0 aromatic heterocycles. The summed E-state index contributed by atoms with van der Waals surface area (Å²) in [4.78, 5) is 11.4. The fourth-order valence-corrected chi connectivity index (χ4v) is 2.38. The van der Waals surface area contributed by atoms with Gasteiger partial charge in [0.2, 0.25) is 0 Å². The highest BCUT2D eigenvalue weighted by molar-refractivity contribution is 9.10. The second kappa shape index (κ2) is 6.04. The van der Waals surface area contributed by atoms with Gasteiger partial charge in [-0.1, -0.05) is 29.8 Å². The van der Waals surface area contributed by atoms with Gasteiger partial charge in [0.15, 0.2) is 0 Å². The van der Waals surface area contributed by atoms with Crippen molar-refractivity contribution in [1.82, 2.24) is 0 Å². The number of aryl methyl sites for hydroxylation is 2. The number of halogens is 1. The first kappa shape index (κ1) is 13.2. The largest absolute Gasteiger partial charge is 0.469 e. The minimum atomic E-state index is -0.174. The minimum absolute atomic E-state index is 0.174. The monoisotopic (exact) mass is 284 g/mol. The molecule has 1 aromatic rings. The molecule has 88 valence electrons. The second-order valence-electron chi connectivity index (χ2n) is 3.66. The van der Waals surface area contributed by atoms with E-state index in [1.165, 1.54) is 18.2 Å². The number of rotatable bonds is 4. The van der Waals surface area contributed by atoms with Gasteiger partial charge in [0.25, 0.3) is 0 Å². The summed E-state index contributed by atoms with van der Waals surface area (Å²) in [6, 6.07) is 4.16. The zero-order valence-electron chi connectivity index (χ0n) is 9.97. The third kappa shape index (κ3) is 3.08. The van der Waals surface area contributed by atoms with Crippen LogP contribution in [0.25, 0.3) is 0 Å². The van der Waals surface area contributed by atoms with E-state index in [1.54, 1.807) is 0 Å². The van der Waals surface area contributed by atoms with E-state index in [0.29, 0.717) is 6.42 Å². The second-order valence-corrected chi connectivity index (χ2v) is 4.58. The molecule has 0 fully saturated rings. The van der Waals surface area contributed by atoms with E-state index in [2.05, 4.69) is 41.9 Å². The molecule has 0 bridgehead atoms. The average molecular weight is 285 g/mol. The van der Waals surface area contributed by atoms with Crippen LogP contribution in [0.3, 0.4) is 0 Å². The van der Waals surface area contributed by atoms with E-state index in [-0.39, 0.29) is 5.97 Å². The highest BCUT2D eigenvalue weighted by Gasteiger charge is 2.12. The van der Waals surface area contributed by atoms with Crippen molar-refractivity contribution in [3.05, 3.63) is 33.3 Å². The van der Waals surface area contributed by atoms with Crippen LogP contribution in [-0.2, 0) is 28.8 Å². The Hall–Kier alpha value is -0.830. The Balaban J connectivity index is 3.16. The quantitative estimate of drug-likeness (QED) is 0.793. The van der Waals surface area contributed by atoms with Gasteiger partial charge in [-0.25, -0.2) is 0 Å². The number of esters is 1. The van der Waals surface area contributed by atoms with Crippen molar-refractivity contribution < 1.29 is 9.53 Å². The molecule has 2 nitrogen and oxygen atoms in total. The van der Waals surface area contributed by atoms with Crippen molar-refractivity contribution in [2.45, 2.75) is 33.1 Å². The summed E-state index contributed by atoms with van der Waals surface area (Å²) in [5.41, 5.74) is 3.56. The lowest BCUT2D eigenvalue weighted by molar-refractivity contribution is -0.139. The molecule has 0 aliphatic carbocycles. The third-order valence-electron chi connectivity index (χ3n) is 2.71. The molecule has 1 aromatic carbocycles. The lowest BCUT2D eigenvalue weighted by Gasteiger charge is -2.13. The van der Waals surface area contributed by atoms with Gasteiger partial charge < -0.3 is 4.74 Å². The predicted molar refractivity (Wildman–Crippen MR) is 68.6 cm³/mol. The summed E-state index contributed by atoms with van der Waals surface area (Å²) in [5, 5.41) is 0. The van der Waals surface area contributed by atoms with Gasteiger partial charge in [-0.15, -0.1) is 0 Å². The van der Waals surface area contributed by atoms with Crippen LogP contribution in [0.15, 0.2) is 16.6 Å². The van der Waals surface area contributed by atoms with Crippen LogP contribution >= 0.6 is 15.9 Å². The van der Waals surface area contributed by atoms with E-state index in [4.69, 9.17) is 4.74 Å². The van der Waals surface area contributed by atoms with Crippen LogP contribution in [0.1, 0.15) is 30.5 Å². The summed E-state index contributed by atoms with van der Waals surface area (Å²) >= 11 is 3.50. The molecule has 0 N–H and O–H groups in total. The van der Waals surface area contributed by atoms with Crippen LogP contribution in [0.5, 0.6) is 0 Å². The van der Waals surface area contributed by atoms with Crippen LogP contribution < -0.4 is 0 Å². The molecule has 0 heterocycles. The maximum Gasteiger partial charge on any atom is 0.309 e. The van der Waals surface area contributed by atoms with E-state index >= 15 is 0 Å². The van der Waals surface area contributed by atoms with Crippen molar-refractivity contribution in [3.8, 4) is 0 Å². The van der Waals surface area contributed by atoms with Gasteiger partial charge in [-0.05, 0) is 41.7 Å². The molecule has 0 atom stereocenters. The topological polar surface area (TPSA) is 26.3 Å². The van der Waals surface area contributed by atoms with Gasteiger partial charge in [-0.2, -0.15) is 0 Å². The highest BCUT2D eigenvalue weighted by atomic mass is 79.9. The molecule has 0 radical (unpaired) electrons. The molecule has 0 unspecified atom stereocenters. The highest BCUT2D eigenvalue weighted by Crippen LogP contribution is 2.23. The molecule has 3 heteroatoms. The zero-order valence-corrected chi connectivity index (χ0v) is 11.6. The molecule has 0 spiro atoms. The SMILES string of the molecule is CCc1cc(Br)cc(CC)c1CC(=O)OC. The fraction of sp³-hybridized carbons (Fsp3) is 0.462. The Morgan fingerprint density at radius 2 is 1.75 bits per heavy atom. The smallest absolute Gasteiger partial charge is 0.309 e. The van der Waals surface area contributed by atoms with Gasteiger partial charge in [0.1, 0.15) is 0 Å². The number of hydrogen-bond acceptors (Lipinski definition) is 2. The van der Waals surface area contributed by atoms with Crippen LogP contribution in [0, 0.1) is 0 Å². The van der Waals surface area contributed by atoms with E-state index < -0.39 is 0 Å². The van der Waals surface area contributed by atoms with Crippen LogP contribution in [-0.4, -0.2) is 13.1 Å². The Labute approximate surface area is 105 Å². The maximum atomic E-state index is 11.4. The number of carbonyl (C=O) groups is 1. The molecule has 0 amide bonds. The van der Waals surface area contributed by atoms with Crippen molar-refractivity contribution in [2.75, 3.05) is 7.11 Å². The molecule has 0 saturated carbocycles. The van der Waals surface area contributed by atoms with Gasteiger partial charge in [0, 0.05) is 4.47 Å². The zero-order chi connectivity index (χ0) is 12.1. The minimum Gasteiger partial charge on any atom is -0.469 e. The lowest BCUT2D eigenvalue weighted by atomic mass is 9.95. The van der Waals surface area contributed by atoms with Gasteiger partial charge in [-0.3, -0.25) is 4.79 Å². The normalized spacial score (nSPS) is 10.2. The summed E-state index contributed by atoms with van der Waals surface area (Å²) in [6.45, 7) is 4.20. The van der Waals surface area contributed by atoms with Crippen molar-refractivity contribution in [1.29, 1.82) is 0 Å². The van der Waals surface area contributed by atoms with Crippen LogP contribution in [0.4, 0.5) is 0 Å². The van der Waals surface area contributed by atoms with Crippen molar-refractivity contribution >= 4 is 21.9 Å². The Bertz CT molecular complexity index is 361. The first-order valence-corrected chi connectivity index (χ1v) is 6.28. The number of benzene rings is 1. The van der Waals surface area contributed by atoms with Crippen LogP contribution in [0.2, 0.25) is 0 Å². The Morgan fingerprint density at radius 3 is 2.12 bits per heavy atom. The summed E-state index contributed by atoms with van der Waals surface area (Å²) in [7, 11) is 1.43. The maximum absolute atomic E-state index is 11.4. The summed E-state index contributed by atoms with van der Waals surface area (Å²) in [5.74, 6) is -0.174. The summed E-state index contributed by atoms with van der Waals surface area (Å²) < 4.78 is 5.81. The molecule has 1 rings (SSSR count). The summed E-state index contributed by atoms with van der Waals surface area (Å²) in [6.07, 6.45) is 2.23.